The van der Waals surface area contributed by atoms with Gasteiger partial charge in [0.15, 0.2) is 0 Å². The summed E-state index contributed by atoms with van der Waals surface area (Å²) >= 11 is 0. The highest BCUT2D eigenvalue weighted by molar-refractivity contribution is 4.74. The molecule has 0 fully saturated rings. The van der Waals surface area contributed by atoms with Crippen LogP contribution in [0.1, 0.15) is 293 Å². The second kappa shape index (κ2) is 62.5. The largest absolute Gasteiger partial charge is 0.328 e. The number of hydrogen-bond acceptors (Lipinski definition) is 14. The van der Waals surface area contributed by atoms with Crippen molar-refractivity contribution >= 4 is 0 Å². The smallest absolute Gasteiger partial charge is 0.0192 e. The molecule has 0 spiro atoms. The summed E-state index contributed by atoms with van der Waals surface area (Å²) in [6.07, 6.45) is 46.8. The lowest BCUT2D eigenvalue weighted by atomic mass is 10.0. The third-order valence-electron chi connectivity index (χ3n) is 16.2. The Hall–Kier alpha value is -0.560. The number of unbranched alkanes of at least 4 members (excludes halogenated alkanes) is 21. The van der Waals surface area contributed by atoms with Crippen LogP contribution in [0.4, 0.5) is 0 Å². The summed E-state index contributed by atoms with van der Waals surface area (Å²) in [5.74, 6) is 0. The minimum absolute atomic E-state index is 0.268. The van der Waals surface area contributed by atoms with Crippen LogP contribution in [0.2, 0.25) is 0 Å². The molecule has 0 heterocycles. The van der Waals surface area contributed by atoms with E-state index in [2.05, 4.69) is 86.5 Å². The van der Waals surface area contributed by atoms with E-state index in [0.717, 1.165) is 97.3 Å². The minimum Gasteiger partial charge on any atom is -0.328 e. The zero-order valence-electron chi connectivity index (χ0n) is 55.9. The van der Waals surface area contributed by atoms with Crippen molar-refractivity contribution in [1.29, 1.82) is 0 Å². The van der Waals surface area contributed by atoms with Crippen molar-refractivity contribution in [1.82, 2.24) is 31.1 Å². The monoisotopic (exact) mass is 1150 g/mol. The molecule has 0 aromatic heterocycles. The molecule has 0 aromatic carbocycles. The predicted octanol–water partition coefficient (Wildman–Crippen LogP) is 10.9. The first-order chi connectivity index (χ1) is 38.9. The molecule has 0 saturated heterocycles. The van der Waals surface area contributed by atoms with E-state index >= 15 is 0 Å². The Morgan fingerprint density at radius 2 is 0.444 bits per heavy atom. The van der Waals surface area contributed by atoms with E-state index in [1.54, 1.807) is 0 Å². The second-order valence-corrected chi connectivity index (χ2v) is 26.6. The zero-order chi connectivity index (χ0) is 60.4. The highest BCUT2D eigenvalue weighted by atomic mass is 15.1. The Morgan fingerprint density at radius 3 is 0.704 bits per heavy atom. The van der Waals surface area contributed by atoms with E-state index in [1.165, 1.54) is 219 Å². The van der Waals surface area contributed by atoms with Gasteiger partial charge in [-0.05, 0) is 224 Å². The minimum atomic E-state index is 0.268. The molecule has 490 valence electrons. The number of nitrogens with two attached hydrogens (primary N) is 8. The molecule has 0 saturated carbocycles. The molecule has 0 aliphatic heterocycles. The maximum absolute atomic E-state index is 6.06. The topological polar surface area (TPSA) is 263 Å². The van der Waals surface area contributed by atoms with Crippen LogP contribution in [0.25, 0.3) is 0 Å². The Labute approximate surface area is 506 Å². The van der Waals surface area contributed by atoms with Gasteiger partial charge in [0.1, 0.15) is 0 Å². The van der Waals surface area contributed by atoms with Crippen LogP contribution in [0.3, 0.4) is 0 Å². The average Bonchev–Trinajstić information content (AvgIpc) is 3.39. The van der Waals surface area contributed by atoms with Gasteiger partial charge in [-0.15, -0.1) is 0 Å². The van der Waals surface area contributed by atoms with Gasteiger partial charge < -0.3 is 76.9 Å². The lowest BCUT2D eigenvalue weighted by Gasteiger charge is -2.23. The lowest BCUT2D eigenvalue weighted by molar-refractivity contribution is 0.252. The Kier molecular flexibility index (Phi) is 63.7. The van der Waals surface area contributed by atoms with E-state index in [1.807, 2.05) is 0 Å². The molecule has 0 amide bonds. The molecule has 0 bridgehead atoms. The summed E-state index contributed by atoms with van der Waals surface area (Å²) in [5.41, 5.74) is 47.5. The van der Waals surface area contributed by atoms with Crippen molar-refractivity contribution in [3.8, 4) is 0 Å². The second-order valence-electron chi connectivity index (χ2n) is 26.6. The van der Waals surface area contributed by atoms with Gasteiger partial charge in [-0.3, -0.25) is 0 Å². The first-order valence-electron chi connectivity index (χ1n) is 35.3. The van der Waals surface area contributed by atoms with Gasteiger partial charge >= 0.3 is 0 Å². The number of nitrogens with one attached hydrogen (secondary N) is 4. The number of rotatable bonds is 63. The normalized spacial score (nSPS) is 15.8. The Morgan fingerprint density at radius 1 is 0.222 bits per heavy atom. The summed E-state index contributed by atoms with van der Waals surface area (Å²) in [7, 11) is 0. The van der Waals surface area contributed by atoms with Crippen LogP contribution in [-0.2, 0) is 0 Å². The van der Waals surface area contributed by atoms with Gasteiger partial charge in [0, 0.05) is 73.5 Å². The van der Waals surface area contributed by atoms with Crippen LogP contribution in [0, 0.1) is 0 Å². The van der Waals surface area contributed by atoms with E-state index in [-0.39, 0.29) is 12.1 Å². The number of nitrogens with zero attached hydrogens (tertiary/aromatic N) is 2. The van der Waals surface area contributed by atoms with Crippen LogP contribution in [0.5, 0.6) is 0 Å². The fourth-order valence-corrected chi connectivity index (χ4v) is 10.7. The quantitative estimate of drug-likeness (QED) is 0.0253. The first-order valence-corrected chi connectivity index (χ1v) is 35.3. The molecule has 0 radical (unpaired) electrons. The van der Waals surface area contributed by atoms with Crippen LogP contribution in [0.15, 0.2) is 0 Å². The summed E-state index contributed by atoms with van der Waals surface area (Å²) in [5, 5.41) is 15.0. The van der Waals surface area contributed by atoms with Gasteiger partial charge in [0.25, 0.3) is 0 Å². The molecule has 10 unspecified atom stereocenters. The highest BCUT2D eigenvalue weighted by Crippen LogP contribution is 2.14. The standard InChI is InChI=1S/C34H77N7.C33H75N7/c1-30(35)19-13-7-5-11-17-26-41(28-23-33(4)38)27-18-12-6-10-16-24-39-29-34(40-25-22-32(3)37)21-15-9-8-14-20-31(2)36;1-29(34)18-12-6-5-10-16-25-40(27-22-32(4)37)26-17-11-9-15-23-38-28-33(39-24-21-31(3)36)20-14-8-7-13-19-30(2)35/h30-34,39-40H,5-29,35-38H2,1-4H3;29-33,38-39H,5-28,34-37H2,1-4H3. The fraction of sp³-hybridized carbons (Fsp3) is 1.00. The molecule has 14 nitrogen and oxygen atoms in total. The average molecular weight is 1150 g/mol. The Balaban J connectivity index is 0. The molecule has 0 aliphatic carbocycles. The van der Waals surface area contributed by atoms with Crippen LogP contribution >= 0.6 is 0 Å². The van der Waals surface area contributed by atoms with Crippen molar-refractivity contribution in [2.75, 3.05) is 78.5 Å². The molecular weight excluding hydrogens is 1000 g/mol. The molecule has 14 heteroatoms. The van der Waals surface area contributed by atoms with Gasteiger partial charge in [-0.1, -0.05) is 135 Å². The maximum atomic E-state index is 6.06. The van der Waals surface area contributed by atoms with Crippen molar-refractivity contribution in [2.24, 2.45) is 45.9 Å². The van der Waals surface area contributed by atoms with Crippen molar-refractivity contribution in [3.63, 3.8) is 0 Å². The molecule has 0 aliphatic rings. The Bertz CT molecular complexity index is 1190. The lowest BCUT2D eigenvalue weighted by Crippen LogP contribution is -2.40. The van der Waals surface area contributed by atoms with E-state index in [4.69, 9.17) is 45.9 Å². The fourth-order valence-electron chi connectivity index (χ4n) is 10.7. The molecule has 0 aromatic rings. The zero-order valence-corrected chi connectivity index (χ0v) is 55.9. The highest BCUT2D eigenvalue weighted by Gasteiger charge is 2.12. The van der Waals surface area contributed by atoms with Crippen molar-refractivity contribution in [2.45, 2.75) is 353 Å². The van der Waals surface area contributed by atoms with E-state index < -0.39 is 0 Å². The molecular formula is C67H152N14. The summed E-state index contributed by atoms with van der Waals surface area (Å²) in [6, 6.07) is 3.62. The molecule has 20 N–H and O–H groups in total. The third-order valence-corrected chi connectivity index (χ3v) is 16.2. The predicted molar refractivity (Wildman–Crippen MR) is 362 cm³/mol. The molecule has 10 atom stereocenters. The van der Waals surface area contributed by atoms with Gasteiger partial charge in [0.2, 0.25) is 0 Å². The summed E-state index contributed by atoms with van der Waals surface area (Å²) in [6.45, 7) is 30.5. The van der Waals surface area contributed by atoms with Crippen molar-refractivity contribution < 1.29 is 0 Å². The van der Waals surface area contributed by atoms with E-state index in [0.29, 0.717) is 48.3 Å². The summed E-state index contributed by atoms with van der Waals surface area (Å²) in [4.78, 5) is 5.34. The molecule has 81 heavy (non-hydrogen) atoms. The van der Waals surface area contributed by atoms with E-state index in [9.17, 15) is 0 Å². The van der Waals surface area contributed by atoms with Gasteiger partial charge in [-0.25, -0.2) is 0 Å². The third kappa shape index (κ3) is 70.1. The summed E-state index contributed by atoms with van der Waals surface area (Å²) < 4.78 is 0. The van der Waals surface area contributed by atoms with Gasteiger partial charge in [-0.2, -0.15) is 0 Å². The maximum Gasteiger partial charge on any atom is 0.0192 e. The first kappa shape index (κ1) is 82.5. The van der Waals surface area contributed by atoms with Crippen LogP contribution in [-0.4, -0.2) is 149 Å². The number of hydrogen-bond donors (Lipinski definition) is 12. The van der Waals surface area contributed by atoms with Gasteiger partial charge in [0.05, 0.1) is 0 Å². The van der Waals surface area contributed by atoms with Crippen LogP contribution < -0.4 is 67.1 Å². The SMILES string of the molecule is CC(N)CCCCCCCN(CCCCCCCNCC(CCCCCCC(C)N)NCCC(C)N)CCC(C)N.CC(N)CCCCCCCN(CCCCCCNCC(CCCCCCC(C)N)NCCC(C)N)CCC(C)N. The van der Waals surface area contributed by atoms with Crippen molar-refractivity contribution in [3.05, 3.63) is 0 Å². The molecule has 0 rings (SSSR count).